The molecule has 0 bridgehead atoms. The molecule has 21 heavy (non-hydrogen) atoms. The van der Waals surface area contributed by atoms with Gasteiger partial charge < -0.3 is 14.8 Å². The minimum Gasteiger partial charge on any atom is -0.459 e. The Kier molecular flexibility index (Phi) is 6.88. The summed E-state index contributed by atoms with van der Waals surface area (Å²) in [6.45, 7) is 6.69. The van der Waals surface area contributed by atoms with Crippen molar-refractivity contribution in [1.82, 2.24) is 5.32 Å². The fourth-order valence-corrected chi connectivity index (χ4v) is 1.53. The molecule has 1 aromatic rings. The normalized spacial score (nSPS) is 12.0. The zero-order valence-corrected chi connectivity index (χ0v) is 13.0. The highest BCUT2D eigenvalue weighted by Crippen LogP contribution is 2.11. The number of nitrogens with one attached hydrogen (secondary N) is 1. The van der Waals surface area contributed by atoms with Crippen LogP contribution in [0.1, 0.15) is 41.5 Å². The van der Waals surface area contributed by atoms with Gasteiger partial charge in [-0.3, -0.25) is 4.79 Å². The zero-order valence-electron chi connectivity index (χ0n) is 13.0. The van der Waals surface area contributed by atoms with Crippen LogP contribution in [0, 0.1) is 5.92 Å². The van der Waals surface area contributed by atoms with E-state index in [1.807, 2.05) is 20.8 Å². The van der Waals surface area contributed by atoms with Crippen LogP contribution in [0.4, 0.5) is 0 Å². The second-order valence-corrected chi connectivity index (χ2v) is 5.18. The molecular formula is C16H23NO4. The quantitative estimate of drug-likeness (QED) is 0.618. The van der Waals surface area contributed by atoms with E-state index in [1.165, 1.54) is 6.07 Å². The minimum absolute atomic E-state index is 0.170. The maximum atomic E-state index is 12.0. The van der Waals surface area contributed by atoms with Gasteiger partial charge in [0.1, 0.15) is 6.10 Å². The average Bonchev–Trinajstić information content (AvgIpc) is 2.47. The smallest absolute Gasteiger partial charge is 0.338 e. The van der Waals surface area contributed by atoms with Gasteiger partial charge in [0.2, 0.25) is 0 Å². The van der Waals surface area contributed by atoms with Crippen LogP contribution in [0.2, 0.25) is 0 Å². The highest BCUT2D eigenvalue weighted by molar-refractivity contribution is 5.97. The molecule has 0 spiro atoms. The number of esters is 1. The van der Waals surface area contributed by atoms with Gasteiger partial charge in [-0.15, -0.1) is 0 Å². The maximum absolute atomic E-state index is 12.0. The van der Waals surface area contributed by atoms with Crippen LogP contribution < -0.4 is 5.32 Å². The summed E-state index contributed by atoms with van der Waals surface area (Å²) in [6.07, 6.45) is -0.170. The Bertz CT molecular complexity index is 485. The van der Waals surface area contributed by atoms with Crippen LogP contribution in [0.3, 0.4) is 0 Å². The topological polar surface area (TPSA) is 64.6 Å². The molecule has 0 fully saturated rings. The summed E-state index contributed by atoms with van der Waals surface area (Å²) in [5, 5.41) is 2.71. The molecule has 0 saturated carbocycles. The Morgan fingerprint density at radius 1 is 1.19 bits per heavy atom. The maximum Gasteiger partial charge on any atom is 0.338 e. The summed E-state index contributed by atoms with van der Waals surface area (Å²) >= 11 is 0. The van der Waals surface area contributed by atoms with Gasteiger partial charge in [-0.05, 0) is 31.0 Å². The van der Waals surface area contributed by atoms with Crippen LogP contribution >= 0.6 is 0 Å². The number of carbonyl (C=O) groups excluding carboxylic acids is 2. The first-order chi connectivity index (χ1) is 9.95. The van der Waals surface area contributed by atoms with Crippen molar-refractivity contribution >= 4 is 11.9 Å². The predicted molar refractivity (Wildman–Crippen MR) is 80.4 cm³/mol. The largest absolute Gasteiger partial charge is 0.459 e. The standard InChI is InChI=1S/C16H23NO4/c1-11(2)12(3)21-16(19)14-7-5-6-13(10-14)15(18)17-8-9-20-4/h5-7,10-12H,8-9H2,1-4H3,(H,17,18)/t12-/m0/s1. The van der Waals surface area contributed by atoms with Crippen molar-refractivity contribution in [3.05, 3.63) is 35.4 Å². The van der Waals surface area contributed by atoms with E-state index in [1.54, 1.807) is 25.3 Å². The lowest BCUT2D eigenvalue weighted by atomic mass is 10.1. The lowest BCUT2D eigenvalue weighted by Gasteiger charge is -2.16. The number of carbonyl (C=O) groups is 2. The van der Waals surface area contributed by atoms with Crippen LogP contribution in [-0.4, -0.2) is 38.2 Å². The van der Waals surface area contributed by atoms with Crippen LogP contribution in [0.15, 0.2) is 24.3 Å². The van der Waals surface area contributed by atoms with Gasteiger partial charge >= 0.3 is 5.97 Å². The lowest BCUT2D eigenvalue weighted by molar-refractivity contribution is 0.0238. The molecule has 0 saturated heterocycles. The summed E-state index contributed by atoms with van der Waals surface area (Å²) in [7, 11) is 1.57. The van der Waals surface area contributed by atoms with E-state index in [0.717, 1.165) is 0 Å². The molecule has 0 aromatic heterocycles. The Labute approximate surface area is 125 Å². The first kappa shape index (κ1) is 17.2. The van der Waals surface area contributed by atoms with Gasteiger partial charge in [0.25, 0.3) is 5.91 Å². The molecule has 0 aliphatic heterocycles. The van der Waals surface area contributed by atoms with E-state index < -0.39 is 5.97 Å². The molecule has 1 amide bonds. The van der Waals surface area contributed by atoms with Gasteiger partial charge in [-0.25, -0.2) is 4.79 Å². The molecule has 1 atom stereocenters. The summed E-state index contributed by atoms with van der Waals surface area (Å²) in [6, 6.07) is 6.51. The van der Waals surface area contributed by atoms with Crippen molar-refractivity contribution in [2.75, 3.05) is 20.3 Å². The number of hydrogen-bond donors (Lipinski definition) is 1. The Balaban J connectivity index is 2.71. The number of methoxy groups -OCH3 is 1. The summed E-state index contributed by atoms with van der Waals surface area (Å²) in [4.78, 5) is 23.9. The highest BCUT2D eigenvalue weighted by Gasteiger charge is 2.16. The third-order valence-electron chi connectivity index (χ3n) is 3.18. The number of benzene rings is 1. The van der Waals surface area contributed by atoms with Crippen LogP contribution in [-0.2, 0) is 9.47 Å². The lowest BCUT2D eigenvalue weighted by Crippen LogP contribution is -2.27. The van der Waals surface area contributed by atoms with Crippen molar-refractivity contribution < 1.29 is 19.1 Å². The minimum atomic E-state index is -0.414. The van der Waals surface area contributed by atoms with E-state index in [4.69, 9.17) is 9.47 Å². The molecule has 0 radical (unpaired) electrons. The van der Waals surface area contributed by atoms with Crippen molar-refractivity contribution in [2.24, 2.45) is 5.92 Å². The molecule has 5 nitrogen and oxygen atoms in total. The van der Waals surface area contributed by atoms with E-state index in [2.05, 4.69) is 5.32 Å². The third-order valence-corrected chi connectivity index (χ3v) is 3.18. The molecule has 0 heterocycles. The molecule has 5 heteroatoms. The van der Waals surface area contributed by atoms with Crippen molar-refractivity contribution in [1.29, 1.82) is 0 Å². The van der Waals surface area contributed by atoms with Crippen molar-refractivity contribution in [2.45, 2.75) is 26.9 Å². The molecule has 116 valence electrons. The predicted octanol–water partition coefficient (Wildman–Crippen LogP) is 2.26. The van der Waals surface area contributed by atoms with E-state index >= 15 is 0 Å². The van der Waals surface area contributed by atoms with E-state index in [9.17, 15) is 9.59 Å². The monoisotopic (exact) mass is 293 g/mol. The summed E-state index contributed by atoms with van der Waals surface area (Å²) < 4.78 is 10.2. The van der Waals surface area contributed by atoms with E-state index in [0.29, 0.717) is 24.3 Å². The van der Waals surface area contributed by atoms with Gasteiger partial charge in [0.15, 0.2) is 0 Å². The Hall–Kier alpha value is -1.88. The number of rotatable bonds is 7. The third kappa shape index (κ3) is 5.55. The van der Waals surface area contributed by atoms with Crippen LogP contribution in [0.5, 0.6) is 0 Å². The molecular weight excluding hydrogens is 270 g/mol. The van der Waals surface area contributed by atoms with Crippen molar-refractivity contribution in [3.63, 3.8) is 0 Å². The molecule has 0 unspecified atom stereocenters. The Morgan fingerprint density at radius 2 is 1.86 bits per heavy atom. The van der Waals surface area contributed by atoms with Crippen LogP contribution in [0.25, 0.3) is 0 Å². The molecule has 0 aliphatic carbocycles. The van der Waals surface area contributed by atoms with Gasteiger partial charge in [0.05, 0.1) is 12.2 Å². The molecule has 1 N–H and O–H groups in total. The summed E-state index contributed by atoms with van der Waals surface area (Å²) in [5.74, 6) is -0.407. The highest BCUT2D eigenvalue weighted by atomic mass is 16.5. The first-order valence-corrected chi connectivity index (χ1v) is 7.04. The molecule has 1 aromatic carbocycles. The second kappa shape index (κ2) is 8.42. The van der Waals surface area contributed by atoms with E-state index in [-0.39, 0.29) is 17.9 Å². The van der Waals surface area contributed by atoms with Crippen molar-refractivity contribution in [3.8, 4) is 0 Å². The number of ether oxygens (including phenoxy) is 2. The molecule has 1 rings (SSSR count). The second-order valence-electron chi connectivity index (χ2n) is 5.18. The fraction of sp³-hybridized carbons (Fsp3) is 0.500. The van der Waals surface area contributed by atoms with Gasteiger partial charge in [-0.1, -0.05) is 19.9 Å². The number of hydrogen-bond acceptors (Lipinski definition) is 4. The SMILES string of the molecule is COCCNC(=O)c1cccc(C(=O)O[C@@H](C)C(C)C)c1. The van der Waals surface area contributed by atoms with Gasteiger partial charge in [0, 0.05) is 19.2 Å². The van der Waals surface area contributed by atoms with Gasteiger partial charge in [-0.2, -0.15) is 0 Å². The zero-order chi connectivity index (χ0) is 15.8. The fourth-order valence-electron chi connectivity index (χ4n) is 1.53. The summed E-state index contributed by atoms with van der Waals surface area (Å²) in [5.41, 5.74) is 0.805. The Morgan fingerprint density at radius 3 is 2.48 bits per heavy atom. The number of amides is 1. The average molecular weight is 293 g/mol. The first-order valence-electron chi connectivity index (χ1n) is 7.04. The molecule has 0 aliphatic rings.